The highest BCUT2D eigenvalue weighted by Gasteiger charge is 2.12. The normalized spacial score (nSPS) is 10.5. The lowest BCUT2D eigenvalue weighted by molar-refractivity contribution is -0.126. The Morgan fingerprint density at radius 1 is 0.742 bits per heavy atom. The summed E-state index contributed by atoms with van der Waals surface area (Å²) >= 11 is 0. The molecule has 3 aromatic carbocycles. The predicted octanol–water partition coefficient (Wildman–Crippen LogP) is 3.18. The zero-order chi connectivity index (χ0) is 22.4. The third kappa shape index (κ3) is 5.92. The Labute approximate surface area is 182 Å². The van der Waals surface area contributed by atoms with E-state index in [-0.39, 0.29) is 31.3 Å². The number of anilines is 1. The molecule has 3 N–H and O–H groups in total. The molecule has 0 saturated carbocycles. The molecule has 6 nitrogen and oxygen atoms in total. The Balaban J connectivity index is 1.46. The van der Waals surface area contributed by atoms with E-state index in [2.05, 4.69) is 16.0 Å². The lowest BCUT2D eigenvalue weighted by Crippen LogP contribution is -2.40. The Morgan fingerprint density at radius 2 is 1.35 bits per heavy atom. The van der Waals surface area contributed by atoms with Crippen LogP contribution in [0.3, 0.4) is 0 Å². The van der Waals surface area contributed by atoms with Gasteiger partial charge in [0.2, 0.25) is 17.7 Å². The molecule has 0 bridgehead atoms. The number of rotatable bonds is 7. The number of hydrogen-bond donors (Lipinski definition) is 3. The second-order valence-electron chi connectivity index (χ2n) is 7.69. The van der Waals surface area contributed by atoms with Gasteiger partial charge in [0.1, 0.15) is 0 Å². The van der Waals surface area contributed by atoms with Crippen LogP contribution in [-0.4, -0.2) is 30.8 Å². The highest BCUT2D eigenvalue weighted by molar-refractivity contribution is 5.96. The molecule has 160 valence electrons. The van der Waals surface area contributed by atoms with Gasteiger partial charge in [0.25, 0.3) is 0 Å². The molecule has 0 heterocycles. The van der Waals surface area contributed by atoms with E-state index in [1.807, 2.05) is 75.4 Å². The van der Waals surface area contributed by atoms with Crippen LogP contribution in [0.15, 0.2) is 54.6 Å². The third-order valence-electron chi connectivity index (χ3n) is 5.06. The first-order valence-corrected chi connectivity index (χ1v) is 10.2. The first-order valence-electron chi connectivity index (χ1n) is 10.2. The van der Waals surface area contributed by atoms with Crippen LogP contribution < -0.4 is 16.0 Å². The molecule has 0 aliphatic heterocycles. The van der Waals surface area contributed by atoms with E-state index in [9.17, 15) is 14.4 Å². The van der Waals surface area contributed by atoms with Crippen molar-refractivity contribution in [3.05, 3.63) is 76.9 Å². The molecule has 3 rings (SSSR count). The molecule has 0 aliphatic carbocycles. The van der Waals surface area contributed by atoms with Gasteiger partial charge in [0.15, 0.2) is 0 Å². The Bertz CT molecular complexity index is 1110. The van der Waals surface area contributed by atoms with Gasteiger partial charge in [-0.15, -0.1) is 0 Å². The molecule has 3 amide bonds. The first-order chi connectivity index (χ1) is 14.8. The van der Waals surface area contributed by atoms with Gasteiger partial charge in [-0.1, -0.05) is 60.2 Å². The molecule has 3 aromatic rings. The van der Waals surface area contributed by atoms with Gasteiger partial charge in [-0.2, -0.15) is 0 Å². The average molecular weight is 418 g/mol. The van der Waals surface area contributed by atoms with Crippen molar-refractivity contribution in [3.8, 4) is 0 Å². The molecular formula is C25H27N3O3. The van der Waals surface area contributed by atoms with Crippen molar-refractivity contribution < 1.29 is 14.4 Å². The van der Waals surface area contributed by atoms with Crippen molar-refractivity contribution in [2.75, 3.05) is 18.4 Å². The number of carbonyl (C=O) groups is 3. The third-order valence-corrected chi connectivity index (χ3v) is 5.06. The van der Waals surface area contributed by atoms with Crippen LogP contribution in [0.25, 0.3) is 10.8 Å². The van der Waals surface area contributed by atoms with Crippen LogP contribution in [-0.2, 0) is 20.8 Å². The maximum absolute atomic E-state index is 12.3. The molecule has 0 aromatic heterocycles. The maximum Gasteiger partial charge on any atom is 0.243 e. The van der Waals surface area contributed by atoms with Crippen molar-refractivity contribution in [2.45, 2.75) is 27.2 Å². The number of benzene rings is 3. The number of aryl methyl sites for hydroxylation is 3. The van der Waals surface area contributed by atoms with Gasteiger partial charge in [-0.05, 0) is 48.2 Å². The van der Waals surface area contributed by atoms with E-state index < -0.39 is 5.91 Å². The lowest BCUT2D eigenvalue weighted by atomic mass is 10.0. The molecular weight excluding hydrogens is 390 g/mol. The first kappa shape index (κ1) is 22.0. The summed E-state index contributed by atoms with van der Waals surface area (Å²) in [6.07, 6.45) is 0.182. The summed E-state index contributed by atoms with van der Waals surface area (Å²) in [6, 6.07) is 17.6. The van der Waals surface area contributed by atoms with E-state index >= 15 is 0 Å². The highest BCUT2D eigenvalue weighted by atomic mass is 16.2. The quantitative estimate of drug-likeness (QED) is 0.552. The minimum absolute atomic E-state index is 0.162. The van der Waals surface area contributed by atoms with Crippen molar-refractivity contribution in [1.29, 1.82) is 0 Å². The zero-order valence-corrected chi connectivity index (χ0v) is 18.0. The van der Waals surface area contributed by atoms with Gasteiger partial charge < -0.3 is 16.0 Å². The van der Waals surface area contributed by atoms with Gasteiger partial charge in [0, 0.05) is 5.69 Å². The fraction of sp³-hybridized carbons (Fsp3) is 0.240. The van der Waals surface area contributed by atoms with E-state index in [1.165, 1.54) is 0 Å². The van der Waals surface area contributed by atoms with Crippen LogP contribution in [0, 0.1) is 20.8 Å². The average Bonchev–Trinajstić information content (AvgIpc) is 2.73. The van der Waals surface area contributed by atoms with E-state index in [4.69, 9.17) is 0 Å². The number of carbonyl (C=O) groups excluding carboxylic acids is 3. The van der Waals surface area contributed by atoms with Gasteiger partial charge in [0.05, 0.1) is 19.5 Å². The molecule has 0 fully saturated rings. The van der Waals surface area contributed by atoms with Crippen molar-refractivity contribution in [3.63, 3.8) is 0 Å². The van der Waals surface area contributed by atoms with Crippen LogP contribution >= 0.6 is 0 Å². The zero-order valence-electron chi connectivity index (χ0n) is 18.0. The number of nitrogens with one attached hydrogen (secondary N) is 3. The molecule has 0 spiro atoms. The van der Waals surface area contributed by atoms with E-state index in [0.29, 0.717) is 0 Å². The van der Waals surface area contributed by atoms with Crippen LogP contribution in [0.1, 0.15) is 22.3 Å². The maximum atomic E-state index is 12.3. The number of fused-ring (bicyclic) bond motifs is 1. The smallest absolute Gasteiger partial charge is 0.243 e. The topological polar surface area (TPSA) is 87.3 Å². The minimum Gasteiger partial charge on any atom is -0.347 e. The second-order valence-corrected chi connectivity index (χ2v) is 7.69. The predicted molar refractivity (Wildman–Crippen MR) is 123 cm³/mol. The van der Waals surface area contributed by atoms with E-state index in [1.54, 1.807) is 0 Å². The highest BCUT2D eigenvalue weighted by Crippen LogP contribution is 2.21. The molecule has 0 atom stereocenters. The molecule has 0 unspecified atom stereocenters. The van der Waals surface area contributed by atoms with Crippen LogP contribution in [0.5, 0.6) is 0 Å². The van der Waals surface area contributed by atoms with Crippen molar-refractivity contribution >= 4 is 34.2 Å². The Kier molecular flexibility index (Phi) is 7.03. The minimum atomic E-state index is -0.418. The molecule has 31 heavy (non-hydrogen) atoms. The summed E-state index contributed by atoms with van der Waals surface area (Å²) < 4.78 is 0. The number of hydrogen-bond acceptors (Lipinski definition) is 3. The van der Waals surface area contributed by atoms with Crippen molar-refractivity contribution in [2.24, 2.45) is 0 Å². The summed E-state index contributed by atoms with van der Waals surface area (Å²) in [6.45, 7) is 5.52. The van der Waals surface area contributed by atoms with Gasteiger partial charge >= 0.3 is 0 Å². The lowest BCUT2D eigenvalue weighted by Gasteiger charge is -2.13. The number of amides is 3. The monoisotopic (exact) mass is 417 g/mol. The van der Waals surface area contributed by atoms with Crippen molar-refractivity contribution in [1.82, 2.24) is 10.6 Å². The summed E-state index contributed by atoms with van der Waals surface area (Å²) in [5, 5.41) is 10.1. The summed E-state index contributed by atoms with van der Waals surface area (Å²) in [5.41, 5.74) is 4.73. The Hall–Kier alpha value is -3.67. The molecule has 0 saturated heterocycles. The largest absolute Gasteiger partial charge is 0.347 e. The fourth-order valence-corrected chi connectivity index (χ4v) is 3.66. The molecule has 0 radical (unpaired) electrons. The van der Waals surface area contributed by atoms with Crippen LogP contribution in [0.2, 0.25) is 0 Å². The van der Waals surface area contributed by atoms with Crippen LogP contribution in [0.4, 0.5) is 5.69 Å². The van der Waals surface area contributed by atoms with E-state index in [0.717, 1.165) is 38.7 Å². The van der Waals surface area contributed by atoms with Gasteiger partial charge in [-0.3, -0.25) is 14.4 Å². The molecule has 0 aliphatic rings. The summed E-state index contributed by atoms with van der Waals surface area (Å²) in [4.78, 5) is 36.5. The second kappa shape index (κ2) is 9.89. The summed E-state index contributed by atoms with van der Waals surface area (Å²) in [5.74, 6) is -0.980. The Morgan fingerprint density at radius 3 is 2.10 bits per heavy atom. The molecule has 6 heteroatoms. The SMILES string of the molecule is Cc1cc(C)c(NC(=O)CNC(=O)CNC(=O)Cc2cccc3ccccc23)c(C)c1. The fourth-order valence-electron chi connectivity index (χ4n) is 3.66. The van der Waals surface area contributed by atoms with Gasteiger partial charge in [-0.25, -0.2) is 0 Å². The standard InChI is InChI=1S/C25H27N3O3/c1-16-11-17(2)25(18(3)12-16)28-24(31)15-27-23(30)14-26-22(29)13-20-9-6-8-19-7-4-5-10-21(19)20/h4-12H,13-15H2,1-3H3,(H,26,29)(H,27,30)(H,28,31). The summed E-state index contributed by atoms with van der Waals surface area (Å²) in [7, 11) is 0.